The number of rotatable bonds is 6. The molecule has 1 aromatic carbocycles. The summed E-state index contributed by atoms with van der Waals surface area (Å²) in [6.45, 7) is 5.31. The molecular formula is C23H30N2O2. The minimum absolute atomic E-state index is 0.200. The molecule has 1 N–H and O–H groups in total. The Morgan fingerprint density at radius 3 is 2.63 bits per heavy atom. The van der Waals surface area contributed by atoms with Crippen LogP contribution in [0.25, 0.3) is 0 Å². The molecule has 0 aromatic heterocycles. The summed E-state index contributed by atoms with van der Waals surface area (Å²) >= 11 is 0. The fourth-order valence-electron chi connectivity index (χ4n) is 6.97. The standard InChI is InChI=1S/C23H30N2O2/c1-21-11-17-12-22(2,14-21)16-23(13-17,15-21)20(26)25-18-6-5-7-19(10-18)27-9-4-3-8-24/h5-7,10,17H,3-4,9,11-16H2,1-2H3,(H,25,26). The van der Waals surface area contributed by atoms with Crippen LogP contribution in [-0.2, 0) is 4.79 Å². The Hall–Kier alpha value is -2.02. The number of nitriles is 1. The molecule has 4 aliphatic carbocycles. The summed E-state index contributed by atoms with van der Waals surface area (Å²) in [5.74, 6) is 1.65. The van der Waals surface area contributed by atoms with Gasteiger partial charge in [-0.2, -0.15) is 5.26 Å². The van der Waals surface area contributed by atoms with Crippen LogP contribution in [0.5, 0.6) is 5.75 Å². The third-order valence-corrected chi connectivity index (χ3v) is 6.90. The van der Waals surface area contributed by atoms with E-state index in [0.717, 1.165) is 37.1 Å². The number of benzene rings is 1. The van der Waals surface area contributed by atoms with Crippen molar-refractivity contribution in [3.05, 3.63) is 24.3 Å². The second-order valence-corrected chi connectivity index (χ2v) is 10.0. The minimum atomic E-state index is -0.202. The number of hydrogen-bond donors (Lipinski definition) is 1. The maximum absolute atomic E-state index is 13.4. The number of ether oxygens (including phenoxy) is 1. The third-order valence-electron chi connectivity index (χ3n) is 6.90. The first-order chi connectivity index (χ1) is 12.8. The van der Waals surface area contributed by atoms with Crippen LogP contribution < -0.4 is 10.1 Å². The zero-order chi connectivity index (χ0) is 19.1. The molecule has 0 spiro atoms. The number of nitrogens with one attached hydrogen (secondary N) is 1. The van der Waals surface area contributed by atoms with Crippen molar-refractivity contribution in [1.82, 2.24) is 0 Å². The van der Waals surface area contributed by atoms with Crippen molar-refractivity contribution < 1.29 is 9.53 Å². The topological polar surface area (TPSA) is 62.1 Å². The van der Waals surface area contributed by atoms with E-state index in [1.165, 1.54) is 19.3 Å². The number of amides is 1. The molecule has 5 rings (SSSR count). The molecule has 1 aromatic rings. The molecule has 4 heteroatoms. The highest BCUT2D eigenvalue weighted by Gasteiger charge is 2.62. The maximum atomic E-state index is 13.4. The summed E-state index contributed by atoms with van der Waals surface area (Å²) in [5.41, 5.74) is 1.27. The number of anilines is 1. The molecule has 0 aliphatic heterocycles. The average molecular weight is 367 g/mol. The molecule has 2 atom stereocenters. The molecule has 4 fully saturated rings. The Kier molecular flexibility index (Phi) is 4.45. The van der Waals surface area contributed by atoms with E-state index in [1.54, 1.807) is 0 Å². The first-order valence-corrected chi connectivity index (χ1v) is 10.3. The van der Waals surface area contributed by atoms with Crippen molar-refractivity contribution in [1.29, 1.82) is 5.26 Å². The van der Waals surface area contributed by atoms with Gasteiger partial charge in [0, 0.05) is 18.2 Å². The van der Waals surface area contributed by atoms with Gasteiger partial charge in [0.15, 0.2) is 0 Å². The van der Waals surface area contributed by atoms with Gasteiger partial charge in [-0.05, 0) is 73.8 Å². The quantitative estimate of drug-likeness (QED) is 0.695. The number of hydrogen-bond acceptors (Lipinski definition) is 3. The highest BCUT2D eigenvalue weighted by molar-refractivity contribution is 5.96. The van der Waals surface area contributed by atoms with Crippen LogP contribution >= 0.6 is 0 Å². The van der Waals surface area contributed by atoms with Crippen LogP contribution in [0.3, 0.4) is 0 Å². The number of carbonyl (C=O) groups excluding carboxylic acids is 1. The number of carbonyl (C=O) groups is 1. The molecular weight excluding hydrogens is 336 g/mol. The second kappa shape index (κ2) is 6.55. The molecule has 0 heterocycles. The molecule has 2 unspecified atom stereocenters. The molecule has 0 saturated heterocycles. The Morgan fingerprint density at radius 1 is 1.22 bits per heavy atom. The van der Waals surface area contributed by atoms with Gasteiger partial charge in [0.2, 0.25) is 5.91 Å². The minimum Gasteiger partial charge on any atom is -0.493 e. The lowest BCUT2D eigenvalue weighted by atomic mass is 9.40. The largest absolute Gasteiger partial charge is 0.493 e. The summed E-state index contributed by atoms with van der Waals surface area (Å²) in [4.78, 5) is 13.4. The summed E-state index contributed by atoms with van der Waals surface area (Å²) in [6, 6.07) is 9.77. The molecule has 1 amide bonds. The predicted octanol–water partition coefficient (Wildman–Crippen LogP) is 5.30. The van der Waals surface area contributed by atoms with Gasteiger partial charge in [-0.25, -0.2) is 0 Å². The van der Waals surface area contributed by atoms with E-state index in [2.05, 4.69) is 25.2 Å². The lowest BCUT2D eigenvalue weighted by Crippen LogP contribution is -2.58. The van der Waals surface area contributed by atoms with Crippen molar-refractivity contribution in [2.45, 2.75) is 65.2 Å². The van der Waals surface area contributed by atoms with E-state index in [9.17, 15) is 4.79 Å². The molecule has 4 nitrogen and oxygen atoms in total. The van der Waals surface area contributed by atoms with Crippen molar-refractivity contribution in [2.24, 2.45) is 22.2 Å². The zero-order valence-electron chi connectivity index (χ0n) is 16.5. The fraction of sp³-hybridized carbons (Fsp3) is 0.652. The van der Waals surface area contributed by atoms with Gasteiger partial charge in [0.1, 0.15) is 5.75 Å². The highest BCUT2D eigenvalue weighted by Crippen LogP contribution is 2.69. The van der Waals surface area contributed by atoms with E-state index in [1.807, 2.05) is 24.3 Å². The molecule has 4 bridgehead atoms. The molecule has 27 heavy (non-hydrogen) atoms. The van der Waals surface area contributed by atoms with Gasteiger partial charge in [-0.3, -0.25) is 4.79 Å². The lowest BCUT2D eigenvalue weighted by molar-refractivity contribution is -0.165. The Balaban J connectivity index is 1.46. The lowest BCUT2D eigenvalue weighted by Gasteiger charge is -2.64. The van der Waals surface area contributed by atoms with Gasteiger partial charge in [0.25, 0.3) is 0 Å². The summed E-state index contributed by atoms with van der Waals surface area (Å²) < 4.78 is 5.71. The van der Waals surface area contributed by atoms with E-state index in [4.69, 9.17) is 10.00 Å². The Morgan fingerprint density at radius 2 is 1.96 bits per heavy atom. The zero-order valence-corrected chi connectivity index (χ0v) is 16.5. The van der Waals surface area contributed by atoms with Gasteiger partial charge in [-0.1, -0.05) is 19.9 Å². The smallest absolute Gasteiger partial charge is 0.230 e. The first kappa shape index (κ1) is 18.3. The Labute approximate surface area is 162 Å². The van der Waals surface area contributed by atoms with Crippen LogP contribution in [0.15, 0.2) is 24.3 Å². The van der Waals surface area contributed by atoms with E-state index >= 15 is 0 Å². The van der Waals surface area contributed by atoms with Crippen molar-refractivity contribution in [3.63, 3.8) is 0 Å². The molecule has 0 radical (unpaired) electrons. The number of unbranched alkanes of at least 4 members (excludes halogenated alkanes) is 1. The van der Waals surface area contributed by atoms with Gasteiger partial charge < -0.3 is 10.1 Å². The van der Waals surface area contributed by atoms with Crippen LogP contribution in [0.1, 0.15) is 65.2 Å². The number of nitrogens with zero attached hydrogens (tertiary/aromatic N) is 1. The summed E-state index contributed by atoms with van der Waals surface area (Å²) in [7, 11) is 0. The van der Waals surface area contributed by atoms with Crippen molar-refractivity contribution in [2.75, 3.05) is 11.9 Å². The molecule has 4 aliphatic rings. The van der Waals surface area contributed by atoms with Crippen molar-refractivity contribution in [3.8, 4) is 11.8 Å². The van der Waals surface area contributed by atoms with E-state index in [0.29, 0.717) is 29.8 Å². The van der Waals surface area contributed by atoms with Gasteiger partial charge in [0.05, 0.1) is 18.1 Å². The summed E-state index contributed by atoms with van der Waals surface area (Å²) in [6.07, 6.45) is 8.19. The molecule has 4 saturated carbocycles. The highest BCUT2D eigenvalue weighted by atomic mass is 16.5. The van der Waals surface area contributed by atoms with E-state index in [-0.39, 0.29) is 11.3 Å². The summed E-state index contributed by atoms with van der Waals surface area (Å²) in [5, 5.41) is 11.8. The predicted molar refractivity (Wildman–Crippen MR) is 105 cm³/mol. The van der Waals surface area contributed by atoms with E-state index < -0.39 is 0 Å². The third kappa shape index (κ3) is 3.57. The Bertz CT molecular complexity index is 763. The maximum Gasteiger partial charge on any atom is 0.230 e. The average Bonchev–Trinajstić information content (AvgIpc) is 2.56. The fourth-order valence-corrected chi connectivity index (χ4v) is 6.97. The van der Waals surface area contributed by atoms with Crippen molar-refractivity contribution >= 4 is 11.6 Å². The van der Waals surface area contributed by atoms with Crippen LogP contribution in [0, 0.1) is 33.5 Å². The van der Waals surface area contributed by atoms with Crippen LogP contribution in [0.4, 0.5) is 5.69 Å². The van der Waals surface area contributed by atoms with Crippen LogP contribution in [0.2, 0.25) is 0 Å². The molecule has 144 valence electrons. The monoisotopic (exact) mass is 366 g/mol. The van der Waals surface area contributed by atoms with Crippen LogP contribution in [-0.4, -0.2) is 12.5 Å². The second-order valence-electron chi connectivity index (χ2n) is 10.0. The first-order valence-electron chi connectivity index (χ1n) is 10.3. The normalized spacial score (nSPS) is 36.3. The SMILES string of the molecule is CC12CC3CC(C)(C1)CC(C(=O)Nc1cccc(OCCCC#N)c1)(C3)C2. The van der Waals surface area contributed by atoms with Gasteiger partial charge >= 0.3 is 0 Å². The van der Waals surface area contributed by atoms with Gasteiger partial charge in [-0.15, -0.1) is 0 Å².